The van der Waals surface area contributed by atoms with Crippen molar-refractivity contribution in [1.29, 1.82) is 0 Å². The van der Waals surface area contributed by atoms with Gasteiger partial charge in [-0.3, -0.25) is 9.59 Å². The van der Waals surface area contributed by atoms with Gasteiger partial charge in [0.1, 0.15) is 0 Å². The number of hydrogen-bond acceptors (Lipinski definition) is 3. The summed E-state index contributed by atoms with van der Waals surface area (Å²) in [7, 11) is 0. The first-order valence-corrected chi connectivity index (χ1v) is 8.01. The Morgan fingerprint density at radius 3 is 2.28 bits per heavy atom. The predicted octanol–water partition coefficient (Wildman–Crippen LogP) is 3.94. The van der Waals surface area contributed by atoms with E-state index in [2.05, 4.69) is 10.4 Å². The summed E-state index contributed by atoms with van der Waals surface area (Å²) in [6, 6.07) is 16.2. The van der Waals surface area contributed by atoms with Gasteiger partial charge in [-0.2, -0.15) is 5.10 Å². The van der Waals surface area contributed by atoms with Gasteiger partial charge >= 0.3 is 0 Å². The minimum Gasteiger partial charge on any atom is -0.321 e. The van der Waals surface area contributed by atoms with E-state index in [1.54, 1.807) is 36.4 Å². The van der Waals surface area contributed by atoms with Crippen LogP contribution in [0.25, 0.3) is 5.69 Å². The highest BCUT2D eigenvalue weighted by Crippen LogP contribution is 2.18. The third kappa shape index (κ3) is 3.50. The predicted molar refractivity (Wildman–Crippen MR) is 97.4 cm³/mol. The molecule has 3 rings (SSSR count). The molecule has 0 aliphatic rings. The van der Waals surface area contributed by atoms with E-state index in [1.165, 1.54) is 6.92 Å². The third-order valence-electron chi connectivity index (χ3n) is 3.94. The molecule has 0 radical (unpaired) electrons. The van der Waals surface area contributed by atoms with Crippen LogP contribution < -0.4 is 5.32 Å². The molecular weight excluding hydrogens is 314 g/mol. The summed E-state index contributed by atoms with van der Waals surface area (Å²) in [5.74, 6) is -0.343. The van der Waals surface area contributed by atoms with Crippen LogP contribution in [0.5, 0.6) is 0 Å². The normalized spacial score (nSPS) is 10.5. The van der Waals surface area contributed by atoms with Crippen molar-refractivity contribution in [3.63, 3.8) is 0 Å². The minimum atomic E-state index is -0.256. The van der Waals surface area contributed by atoms with E-state index < -0.39 is 0 Å². The Morgan fingerprint density at radius 1 is 1.00 bits per heavy atom. The van der Waals surface area contributed by atoms with Crippen LogP contribution in [0.2, 0.25) is 0 Å². The average Bonchev–Trinajstić information content (AvgIpc) is 2.93. The van der Waals surface area contributed by atoms with Crippen molar-refractivity contribution in [2.75, 3.05) is 5.32 Å². The van der Waals surface area contributed by atoms with Gasteiger partial charge in [0.2, 0.25) is 0 Å². The van der Waals surface area contributed by atoms with Crippen molar-refractivity contribution in [2.45, 2.75) is 20.8 Å². The van der Waals surface area contributed by atoms with Gasteiger partial charge < -0.3 is 5.32 Å². The number of carbonyl (C=O) groups excluding carboxylic acids is 2. The molecule has 25 heavy (non-hydrogen) atoms. The van der Waals surface area contributed by atoms with Gasteiger partial charge in [0.05, 0.1) is 17.1 Å². The van der Waals surface area contributed by atoms with Crippen LogP contribution in [-0.2, 0) is 0 Å². The molecule has 1 amide bonds. The number of rotatable bonds is 4. The molecule has 1 heterocycles. The summed E-state index contributed by atoms with van der Waals surface area (Å²) in [4.78, 5) is 24.1. The van der Waals surface area contributed by atoms with E-state index >= 15 is 0 Å². The zero-order valence-electron chi connectivity index (χ0n) is 14.4. The number of nitrogens with one attached hydrogen (secondary N) is 1. The summed E-state index contributed by atoms with van der Waals surface area (Å²) >= 11 is 0. The fourth-order valence-corrected chi connectivity index (χ4v) is 2.74. The first kappa shape index (κ1) is 16.6. The quantitative estimate of drug-likeness (QED) is 0.735. The van der Waals surface area contributed by atoms with Gasteiger partial charge in [-0.1, -0.05) is 12.1 Å². The highest BCUT2D eigenvalue weighted by Gasteiger charge is 2.12. The van der Waals surface area contributed by atoms with E-state index in [9.17, 15) is 9.59 Å². The number of carbonyl (C=O) groups is 2. The largest absolute Gasteiger partial charge is 0.321 e. The monoisotopic (exact) mass is 333 g/mol. The van der Waals surface area contributed by atoms with Gasteiger partial charge in [0.15, 0.2) is 5.78 Å². The molecule has 3 aromatic rings. The topological polar surface area (TPSA) is 64.0 Å². The average molecular weight is 333 g/mol. The van der Waals surface area contributed by atoms with Crippen LogP contribution in [0.1, 0.15) is 39.0 Å². The molecule has 0 saturated heterocycles. The Hall–Kier alpha value is -3.21. The summed E-state index contributed by atoms with van der Waals surface area (Å²) in [5.41, 5.74) is 4.40. The number of Topliss-reactive ketones (excluding diaryl/α,β-unsaturated/α-hetero) is 1. The van der Waals surface area contributed by atoms with Crippen molar-refractivity contribution in [2.24, 2.45) is 0 Å². The number of aromatic nitrogens is 2. The molecule has 0 aliphatic carbocycles. The lowest BCUT2D eigenvalue weighted by Gasteiger charge is -2.10. The Balaban J connectivity index is 1.82. The van der Waals surface area contributed by atoms with Crippen molar-refractivity contribution < 1.29 is 9.59 Å². The SMILES string of the molecule is CC(=O)c1ccccc1NC(=O)c1ccc(-n2nc(C)cc2C)cc1. The number of amides is 1. The van der Waals surface area contributed by atoms with E-state index in [0.29, 0.717) is 16.8 Å². The van der Waals surface area contributed by atoms with Gasteiger partial charge in [0.25, 0.3) is 5.91 Å². The first-order valence-electron chi connectivity index (χ1n) is 8.01. The lowest BCUT2D eigenvalue weighted by atomic mass is 10.1. The highest BCUT2D eigenvalue weighted by atomic mass is 16.1. The van der Waals surface area contributed by atoms with Crippen molar-refractivity contribution in [3.8, 4) is 5.69 Å². The zero-order valence-corrected chi connectivity index (χ0v) is 14.4. The number of hydrogen-bond donors (Lipinski definition) is 1. The molecule has 2 aromatic carbocycles. The van der Waals surface area contributed by atoms with E-state index in [4.69, 9.17) is 0 Å². The van der Waals surface area contributed by atoms with Crippen molar-refractivity contribution in [1.82, 2.24) is 9.78 Å². The summed E-state index contributed by atoms with van der Waals surface area (Å²) in [5, 5.41) is 7.23. The standard InChI is InChI=1S/C20H19N3O2/c1-13-12-14(2)23(22-13)17-10-8-16(9-11-17)20(25)21-19-7-5-4-6-18(19)15(3)24/h4-12H,1-3H3,(H,21,25). The van der Waals surface area contributed by atoms with Crippen molar-refractivity contribution >= 4 is 17.4 Å². The third-order valence-corrected chi connectivity index (χ3v) is 3.94. The van der Waals surface area contributed by atoms with Gasteiger partial charge in [-0.05, 0) is 63.2 Å². The lowest BCUT2D eigenvalue weighted by Crippen LogP contribution is -2.14. The fourth-order valence-electron chi connectivity index (χ4n) is 2.74. The Kier molecular flexibility index (Phi) is 4.48. The molecule has 0 spiro atoms. The van der Waals surface area contributed by atoms with Gasteiger partial charge in [0, 0.05) is 16.8 Å². The molecular formula is C20H19N3O2. The maximum absolute atomic E-state index is 12.5. The molecule has 0 atom stereocenters. The minimum absolute atomic E-state index is 0.0872. The number of ketones is 1. The molecule has 0 fully saturated rings. The Bertz CT molecular complexity index is 940. The van der Waals surface area contributed by atoms with Crippen LogP contribution in [0.15, 0.2) is 54.6 Å². The first-order chi connectivity index (χ1) is 12.0. The van der Waals surface area contributed by atoms with Crippen molar-refractivity contribution in [3.05, 3.63) is 77.1 Å². The molecule has 1 N–H and O–H groups in total. The molecule has 0 saturated carbocycles. The number of nitrogens with zero attached hydrogens (tertiary/aromatic N) is 2. The molecule has 1 aromatic heterocycles. The second-order valence-corrected chi connectivity index (χ2v) is 5.94. The van der Waals surface area contributed by atoms with E-state index in [-0.39, 0.29) is 11.7 Å². The van der Waals surface area contributed by atoms with Crippen LogP contribution in [-0.4, -0.2) is 21.5 Å². The van der Waals surface area contributed by atoms with E-state index in [0.717, 1.165) is 17.1 Å². The highest BCUT2D eigenvalue weighted by molar-refractivity contribution is 6.09. The summed E-state index contributed by atoms with van der Waals surface area (Å²) in [6.07, 6.45) is 0. The second-order valence-electron chi connectivity index (χ2n) is 5.94. The Morgan fingerprint density at radius 2 is 1.68 bits per heavy atom. The maximum atomic E-state index is 12.5. The zero-order chi connectivity index (χ0) is 18.0. The second kappa shape index (κ2) is 6.73. The smallest absolute Gasteiger partial charge is 0.255 e. The maximum Gasteiger partial charge on any atom is 0.255 e. The summed E-state index contributed by atoms with van der Waals surface area (Å²) < 4.78 is 1.84. The van der Waals surface area contributed by atoms with Crippen LogP contribution >= 0.6 is 0 Å². The van der Waals surface area contributed by atoms with Crippen LogP contribution in [0.4, 0.5) is 5.69 Å². The van der Waals surface area contributed by atoms with Crippen LogP contribution in [0, 0.1) is 13.8 Å². The molecule has 5 nitrogen and oxygen atoms in total. The fraction of sp³-hybridized carbons (Fsp3) is 0.150. The van der Waals surface area contributed by atoms with E-state index in [1.807, 2.05) is 36.7 Å². The molecule has 0 bridgehead atoms. The molecule has 0 aliphatic heterocycles. The number of anilines is 1. The van der Waals surface area contributed by atoms with Gasteiger partial charge in [-0.25, -0.2) is 4.68 Å². The number of aryl methyl sites for hydroxylation is 2. The van der Waals surface area contributed by atoms with Gasteiger partial charge in [-0.15, -0.1) is 0 Å². The number of benzene rings is 2. The van der Waals surface area contributed by atoms with Crippen LogP contribution in [0.3, 0.4) is 0 Å². The molecule has 126 valence electrons. The molecule has 0 unspecified atom stereocenters. The number of para-hydroxylation sites is 1. The lowest BCUT2D eigenvalue weighted by molar-refractivity contribution is 0.101. The Labute approximate surface area is 146 Å². The molecule has 5 heteroatoms. The summed E-state index contributed by atoms with van der Waals surface area (Å²) in [6.45, 7) is 5.41.